The van der Waals surface area contributed by atoms with Crippen molar-refractivity contribution in [1.82, 2.24) is 5.32 Å². The van der Waals surface area contributed by atoms with Crippen molar-refractivity contribution in [2.24, 2.45) is 5.92 Å². The van der Waals surface area contributed by atoms with Crippen LogP contribution in [0.25, 0.3) is 0 Å². The number of rotatable bonds is 5. The molecule has 0 saturated heterocycles. The molecule has 2 heteroatoms. The van der Waals surface area contributed by atoms with Crippen molar-refractivity contribution in [2.75, 3.05) is 14.2 Å². The molecule has 17 heavy (non-hydrogen) atoms. The van der Waals surface area contributed by atoms with Crippen LogP contribution in [-0.4, -0.2) is 25.8 Å². The predicted octanol–water partition coefficient (Wildman–Crippen LogP) is 3.50. The number of likely N-dealkylation sites (N-methyl/N-ethyl adjacent to an activating group) is 1. The van der Waals surface area contributed by atoms with Gasteiger partial charge < -0.3 is 10.1 Å². The molecule has 2 aliphatic carbocycles. The molecule has 0 radical (unpaired) electrons. The van der Waals surface area contributed by atoms with E-state index in [1.807, 2.05) is 7.11 Å². The molecule has 2 nitrogen and oxygen atoms in total. The number of ether oxygens (including phenoxy) is 1. The Labute approximate surface area is 107 Å². The first kappa shape index (κ1) is 13.4. The van der Waals surface area contributed by atoms with Crippen molar-refractivity contribution in [3.05, 3.63) is 0 Å². The summed E-state index contributed by atoms with van der Waals surface area (Å²) in [6.45, 7) is 0. The van der Waals surface area contributed by atoms with E-state index in [4.69, 9.17) is 4.74 Å². The summed E-state index contributed by atoms with van der Waals surface area (Å²) in [5, 5.41) is 3.57. The van der Waals surface area contributed by atoms with Crippen molar-refractivity contribution in [3.63, 3.8) is 0 Å². The third kappa shape index (κ3) is 3.03. The van der Waals surface area contributed by atoms with Gasteiger partial charge in [-0.1, -0.05) is 44.9 Å². The molecule has 2 saturated carbocycles. The molecular weight excluding hydrogens is 210 g/mol. The molecule has 2 rings (SSSR count). The van der Waals surface area contributed by atoms with Gasteiger partial charge in [-0.15, -0.1) is 0 Å². The molecule has 1 N–H and O–H groups in total. The fourth-order valence-electron chi connectivity index (χ4n) is 4.02. The van der Waals surface area contributed by atoms with Crippen LogP contribution in [0.15, 0.2) is 0 Å². The Morgan fingerprint density at radius 1 is 1.12 bits per heavy atom. The summed E-state index contributed by atoms with van der Waals surface area (Å²) in [5.41, 5.74) is 0.135. The second-order valence-electron chi connectivity index (χ2n) is 6.06. The minimum absolute atomic E-state index is 0.135. The zero-order chi connectivity index (χ0) is 12.1. The molecule has 0 aromatic carbocycles. The molecule has 0 amide bonds. The maximum atomic E-state index is 5.98. The molecule has 1 unspecified atom stereocenters. The van der Waals surface area contributed by atoms with Gasteiger partial charge in [-0.25, -0.2) is 0 Å². The van der Waals surface area contributed by atoms with Crippen molar-refractivity contribution >= 4 is 0 Å². The van der Waals surface area contributed by atoms with Gasteiger partial charge in [0.2, 0.25) is 0 Å². The first-order valence-corrected chi connectivity index (χ1v) is 7.53. The average Bonchev–Trinajstić information content (AvgIpc) is 2.89. The lowest BCUT2D eigenvalue weighted by Crippen LogP contribution is -2.52. The van der Waals surface area contributed by atoms with Gasteiger partial charge in [-0.2, -0.15) is 0 Å². The summed E-state index contributed by atoms with van der Waals surface area (Å²) >= 11 is 0. The van der Waals surface area contributed by atoms with Crippen LogP contribution in [0.2, 0.25) is 0 Å². The van der Waals surface area contributed by atoms with Crippen LogP contribution in [-0.2, 0) is 4.74 Å². The Bertz CT molecular complexity index is 217. The fraction of sp³-hybridized carbons (Fsp3) is 1.00. The normalized spacial score (nSPS) is 27.2. The molecule has 0 aromatic rings. The molecular formula is C15H29NO. The Morgan fingerprint density at radius 3 is 2.29 bits per heavy atom. The Morgan fingerprint density at radius 2 is 1.76 bits per heavy atom. The smallest absolute Gasteiger partial charge is 0.0830 e. The van der Waals surface area contributed by atoms with Crippen LogP contribution in [0.5, 0.6) is 0 Å². The van der Waals surface area contributed by atoms with E-state index in [-0.39, 0.29) is 5.60 Å². The topological polar surface area (TPSA) is 21.3 Å². The van der Waals surface area contributed by atoms with Crippen LogP contribution in [0.4, 0.5) is 0 Å². The van der Waals surface area contributed by atoms with E-state index < -0.39 is 0 Å². The summed E-state index contributed by atoms with van der Waals surface area (Å²) in [7, 11) is 4.04. The average molecular weight is 239 g/mol. The van der Waals surface area contributed by atoms with Gasteiger partial charge >= 0.3 is 0 Å². The predicted molar refractivity (Wildman–Crippen MR) is 72.2 cm³/mol. The molecule has 0 aliphatic heterocycles. The van der Waals surface area contributed by atoms with E-state index in [1.165, 1.54) is 64.2 Å². The Kier molecular flexibility index (Phi) is 4.87. The van der Waals surface area contributed by atoms with Gasteiger partial charge in [0.05, 0.1) is 5.60 Å². The van der Waals surface area contributed by atoms with Crippen LogP contribution in [0.1, 0.15) is 64.2 Å². The zero-order valence-corrected chi connectivity index (χ0v) is 11.6. The van der Waals surface area contributed by atoms with Crippen LogP contribution >= 0.6 is 0 Å². The highest BCUT2D eigenvalue weighted by atomic mass is 16.5. The van der Waals surface area contributed by atoms with Gasteiger partial charge in [0.1, 0.15) is 0 Å². The lowest BCUT2D eigenvalue weighted by molar-refractivity contribution is -0.0707. The highest BCUT2D eigenvalue weighted by Gasteiger charge is 2.40. The highest BCUT2D eigenvalue weighted by Crippen LogP contribution is 2.38. The summed E-state index contributed by atoms with van der Waals surface area (Å²) in [6, 6.07) is 0.566. The van der Waals surface area contributed by atoms with Gasteiger partial charge in [0.15, 0.2) is 0 Å². The highest BCUT2D eigenvalue weighted by molar-refractivity contribution is 4.96. The van der Waals surface area contributed by atoms with Crippen LogP contribution in [0.3, 0.4) is 0 Å². The number of hydrogen-bond acceptors (Lipinski definition) is 2. The molecule has 1 atom stereocenters. The summed E-state index contributed by atoms with van der Waals surface area (Å²) in [4.78, 5) is 0. The molecule has 0 aromatic heterocycles. The molecule has 0 spiro atoms. The second kappa shape index (κ2) is 6.19. The third-order valence-corrected chi connectivity index (χ3v) is 5.13. The van der Waals surface area contributed by atoms with Gasteiger partial charge in [0.25, 0.3) is 0 Å². The van der Waals surface area contributed by atoms with E-state index in [1.54, 1.807) is 0 Å². The van der Waals surface area contributed by atoms with E-state index in [2.05, 4.69) is 12.4 Å². The minimum atomic E-state index is 0.135. The molecule has 0 heterocycles. The summed E-state index contributed by atoms with van der Waals surface area (Å²) in [6.07, 6.45) is 13.7. The first-order chi connectivity index (χ1) is 8.30. The standard InChI is InChI=1S/C15H29NO/c1-16-14(12-13-8-4-5-9-13)15(17-2)10-6-3-7-11-15/h13-14,16H,3-12H2,1-2H3. The third-order valence-electron chi connectivity index (χ3n) is 5.13. The summed E-state index contributed by atoms with van der Waals surface area (Å²) < 4.78 is 5.98. The number of nitrogens with one attached hydrogen (secondary N) is 1. The first-order valence-electron chi connectivity index (χ1n) is 7.53. The summed E-state index contributed by atoms with van der Waals surface area (Å²) in [5.74, 6) is 0.946. The molecule has 0 bridgehead atoms. The monoisotopic (exact) mass is 239 g/mol. The molecule has 2 aliphatic rings. The van der Waals surface area contributed by atoms with Crippen molar-refractivity contribution in [3.8, 4) is 0 Å². The van der Waals surface area contributed by atoms with Crippen molar-refractivity contribution in [1.29, 1.82) is 0 Å². The fourth-order valence-corrected chi connectivity index (χ4v) is 4.02. The maximum Gasteiger partial charge on any atom is 0.0830 e. The lowest BCUT2D eigenvalue weighted by Gasteiger charge is -2.43. The number of hydrogen-bond donors (Lipinski definition) is 1. The SMILES string of the molecule is CNC(CC1CCCC1)C1(OC)CCCCC1. The molecule has 2 fully saturated rings. The number of methoxy groups -OCH3 is 1. The van der Waals surface area contributed by atoms with Crippen LogP contribution in [0, 0.1) is 5.92 Å². The lowest BCUT2D eigenvalue weighted by atomic mass is 9.76. The zero-order valence-electron chi connectivity index (χ0n) is 11.6. The van der Waals surface area contributed by atoms with E-state index in [0.717, 1.165) is 5.92 Å². The van der Waals surface area contributed by atoms with Crippen molar-refractivity contribution in [2.45, 2.75) is 75.9 Å². The quantitative estimate of drug-likeness (QED) is 0.793. The van der Waals surface area contributed by atoms with Gasteiger partial charge in [-0.05, 0) is 32.2 Å². The Hall–Kier alpha value is -0.0800. The van der Waals surface area contributed by atoms with E-state index in [9.17, 15) is 0 Å². The van der Waals surface area contributed by atoms with Gasteiger partial charge in [-0.3, -0.25) is 0 Å². The molecule has 100 valence electrons. The van der Waals surface area contributed by atoms with Crippen LogP contribution < -0.4 is 5.32 Å². The minimum Gasteiger partial charge on any atom is -0.377 e. The van der Waals surface area contributed by atoms with E-state index in [0.29, 0.717) is 6.04 Å². The van der Waals surface area contributed by atoms with E-state index >= 15 is 0 Å². The van der Waals surface area contributed by atoms with Gasteiger partial charge in [0, 0.05) is 13.2 Å². The van der Waals surface area contributed by atoms with Crippen molar-refractivity contribution < 1.29 is 4.74 Å². The second-order valence-corrected chi connectivity index (χ2v) is 6.06. The largest absolute Gasteiger partial charge is 0.377 e. The maximum absolute atomic E-state index is 5.98. The Balaban J connectivity index is 1.97.